The zero-order valence-corrected chi connectivity index (χ0v) is 17.4. The second-order valence-electron chi connectivity index (χ2n) is 7.93. The van der Waals surface area contributed by atoms with E-state index in [0.29, 0.717) is 0 Å². The van der Waals surface area contributed by atoms with Crippen molar-refractivity contribution in [2.24, 2.45) is 4.99 Å². The van der Waals surface area contributed by atoms with Crippen LogP contribution in [0.5, 0.6) is 11.5 Å². The number of benzene rings is 3. The van der Waals surface area contributed by atoms with Gasteiger partial charge in [-0.25, -0.2) is 0 Å². The maximum atomic E-state index is 6.43. The summed E-state index contributed by atoms with van der Waals surface area (Å²) in [6.07, 6.45) is 2.96. The minimum atomic E-state index is 0.141. The third kappa shape index (κ3) is 3.41. The molecule has 0 fully saturated rings. The van der Waals surface area contributed by atoms with Gasteiger partial charge < -0.3 is 9.47 Å². The van der Waals surface area contributed by atoms with Gasteiger partial charge in [0.25, 0.3) is 0 Å². The largest absolute Gasteiger partial charge is 0.497 e. The molecule has 3 aromatic rings. The van der Waals surface area contributed by atoms with Crippen LogP contribution in [0.3, 0.4) is 0 Å². The van der Waals surface area contributed by atoms with Crippen molar-refractivity contribution < 1.29 is 9.47 Å². The quantitative estimate of drug-likeness (QED) is 0.492. The topological polar surface area (TPSA) is 30.8 Å². The van der Waals surface area contributed by atoms with E-state index in [1.54, 1.807) is 7.11 Å². The first kappa shape index (κ1) is 18.7. The van der Waals surface area contributed by atoms with Gasteiger partial charge in [-0.05, 0) is 55.7 Å². The lowest BCUT2D eigenvalue weighted by molar-refractivity contribution is 0.371. The number of aliphatic imine (C=N–C) groups is 1. The zero-order chi connectivity index (χ0) is 20.5. The molecule has 1 aliphatic carbocycles. The highest BCUT2D eigenvalue weighted by Crippen LogP contribution is 2.47. The van der Waals surface area contributed by atoms with Crippen LogP contribution < -0.4 is 9.47 Å². The standard InChI is InChI=1S/C27H25NO2/c1-18-11-16-24-22(17-18)26(19-7-4-3-5-8-19)27-23(9-6-10-25(27)30-24)28-20-12-14-21(29-2)15-13-20/h3-5,7-8,11-17,26H,6,9-10H2,1-2H3/t26-/m0/s1. The first-order valence-electron chi connectivity index (χ1n) is 10.5. The number of nitrogens with zero attached hydrogens (tertiary/aromatic N) is 1. The molecule has 2 aliphatic rings. The molecule has 30 heavy (non-hydrogen) atoms. The molecule has 0 saturated carbocycles. The van der Waals surface area contributed by atoms with E-state index >= 15 is 0 Å². The van der Waals surface area contributed by atoms with Crippen molar-refractivity contribution in [3.8, 4) is 11.5 Å². The van der Waals surface area contributed by atoms with Crippen LogP contribution in [0, 0.1) is 6.92 Å². The van der Waals surface area contributed by atoms with Crippen LogP contribution in [0.1, 0.15) is 41.9 Å². The van der Waals surface area contributed by atoms with E-state index in [4.69, 9.17) is 14.5 Å². The van der Waals surface area contributed by atoms with Crippen LogP contribution >= 0.6 is 0 Å². The van der Waals surface area contributed by atoms with Crippen LogP contribution in [-0.4, -0.2) is 12.8 Å². The molecule has 0 radical (unpaired) electrons. The van der Waals surface area contributed by atoms with E-state index in [1.807, 2.05) is 24.3 Å². The molecule has 3 heteroatoms. The normalized spacial score (nSPS) is 19.1. The third-order valence-corrected chi connectivity index (χ3v) is 5.90. The average molecular weight is 396 g/mol. The highest BCUT2D eigenvalue weighted by Gasteiger charge is 2.35. The van der Waals surface area contributed by atoms with Gasteiger partial charge in [0, 0.05) is 29.2 Å². The van der Waals surface area contributed by atoms with Crippen molar-refractivity contribution in [3.63, 3.8) is 0 Å². The van der Waals surface area contributed by atoms with Crippen molar-refractivity contribution in [1.29, 1.82) is 0 Å². The van der Waals surface area contributed by atoms with Gasteiger partial charge in [-0.15, -0.1) is 0 Å². The monoisotopic (exact) mass is 395 g/mol. The van der Waals surface area contributed by atoms with Crippen LogP contribution in [0.25, 0.3) is 0 Å². The predicted octanol–water partition coefficient (Wildman–Crippen LogP) is 6.74. The SMILES string of the molecule is COc1ccc(N=C2CCCC3=C2[C@@H](c2ccccc2)c2cc(C)ccc2O3)cc1. The van der Waals surface area contributed by atoms with Crippen molar-refractivity contribution in [3.05, 3.63) is 101 Å². The van der Waals surface area contributed by atoms with Crippen molar-refractivity contribution in [2.45, 2.75) is 32.1 Å². The van der Waals surface area contributed by atoms with Gasteiger partial charge in [0.2, 0.25) is 0 Å². The summed E-state index contributed by atoms with van der Waals surface area (Å²) < 4.78 is 11.7. The molecule has 0 saturated heterocycles. The summed E-state index contributed by atoms with van der Waals surface area (Å²) >= 11 is 0. The molecule has 1 aliphatic heterocycles. The van der Waals surface area contributed by atoms with E-state index in [1.165, 1.54) is 22.3 Å². The summed E-state index contributed by atoms with van der Waals surface area (Å²) in [5.74, 6) is 3.02. The molecule has 0 spiro atoms. The molecule has 1 heterocycles. The minimum Gasteiger partial charge on any atom is -0.497 e. The van der Waals surface area contributed by atoms with Gasteiger partial charge in [0.05, 0.1) is 12.8 Å². The van der Waals surface area contributed by atoms with Crippen LogP contribution in [-0.2, 0) is 0 Å². The zero-order valence-electron chi connectivity index (χ0n) is 17.4. The fourth-order valence-electron chi connectivity index (χ4n) is 4.48. The molecule has 3 nitrogen and oxygen atoms in total. The Morgan fingerprint density at radius 3 is 2.50 bits per heavy atom. The maximum absolute atomic E-state index is 6.43. The lowest BCUT2D eigenvalue weighted by Gasteiger charge is -2.34. The number of rotatable bonds is 3. The highest BCUT2D eigenvalue weighted by molar-refractivity contribution is 6.05. The summed E-state index contributed by atoms with van der Waals surface area (Å²) in [6.45, 7) is 2.14. The second-order valence-corrected chi connectivity index (χ2v) is 7.93. The Bertz CT molecular complexity index is 1130. The molecule has 0 unspecified atom stereocenters. The van der Waals surface area contributed by atoms with Crippen molar-refractivity contribution >= 4 is 11.4 Å². The predicted molar refractivity (Wildman–Crippen MR) is 121 cm³/mol. The summed E-state index contributed by atoms with van der Waals surface area (Å²) in [4.78, 5) is 5.07. The van der Waals surface area contributed by atoms with Gasteiger partial charge in [0.15, 0.2) is 0 Å². The molecule has 1 atom stereocenters. The van der Waals surface area contributed by atoms with E-state index < -0.39 is 0 Å². The number of hydrogen-bond acceptors (Lipinski definition) is 3. The van der Waals surface area contributed by atoms with Crippen LogP contribution in [0.2, 0.25) is 0 Å². The number of ether oxygens (including phenoxy) is 2. The first-order valence-corrected chi connectivity index (χ1v) is 10.5. The molecule has 3 aromatic carbocycles. The van der Waals surface area contributed by atoms with Gasteiger partial charge in [-0.1, -0.05) is 48.0 Å². The summed E-state index contributed by atoms with van der Waals surface area (Å²) in [6, 6.07) is 25.2. The summed E-state index contributed by atoms with van der Waals surface area (Å²) in [7, 11) is 1.68. The number of hydrogen-bond donors (Lipinski definition) is 0. The average Bonchev–Trinajstić information content (AvgIpc) is 2.79. The Labute approximate surface area is 177 Å². The minimum absolute atomic E-state index is 0.141. The molecule has 0 aromatic heterocycles. The van der Waals surface area contributed by atoms with E-state index in [9.17, 15) is 0 Å². The van der Waals surface area contributed by atoms with E-state index in [-0.39, 0.29) is 5.92 Å². The summed E-state index contributed by atoms with van der Waals surface area (Å²) in [5, 5.41) is 0. The van der Waals surface area contributed by atoms with E-state index in [2.05, 4.69) is 55.5 Å². The van der Waals surface area contributed by atoms with Gasteiger partial charge in [-0.2, -0.15) is 0 Å². The van der Waals surface area contributed by atoms with Crippen LogP contribution in [0.4, 0.5) is 5.69 Å². The molecule has 0 amide bonds. The Morgan fingerprint density at radius 2 is 1.73 bits per heavy atom. The molecule has 5 rings (SSSR count). The van der Waals surface area contributed by atoms with E-state index in [0.717, 1.165) is 47.9 Å². The van der Waals surface area contributed by atoms with Crippen molar-refractivity contribution in [1.82, 2.24) is 0 Å². The Morgan fingerprint density at radius 1 is 0.933 bits per heavy atom. The molecule has 0 N–H and O–H groups in total. The second kappa shape index (κ2) is 7.83. The number of fused-ring (bicyclic) bond motifs is 1. The maximum Gasteiger partial charge on any atom is 0.131 e. The first-order chi connectivity index (χ1) is 14.7. The van der Waals surface area contributed by atoms with Gasteiger partial charge in [-0.3, -0.25) is 4.99 Å². The Kier molecular flexibility index (Phi) is 4.88. The van der Waals surface area contributed by atoms with Crippen molar-refractivity contribution in [2.75, 3.05) is 7.11 Å². The lowest BCUT2D eigenvalue weighted by atomic mass is 9.76. The fraction of sp³-hybridized carbons (Fsp3) is 0.222. The number of methoxy groups -OCH3 is 1. The van der Waals surface area contributed by atoms with Crippen LogP contribution in [0.15, 0.2) is 89.1 Å². The number of aryl methyl sites for hydroxylation is 1. The van der Waals surface area contributed by atoms with Gasteiger partial charge >= 0.3 is 0 Å². The van der Waals surface area contributed by atoms with Gasteiger partial charge in [0.1, 0.15) is 17.3 Å². The molecule has 150 valence electrons. The molecular weight excluding hydrogens is 370 g/mol. The Balaban J connectivity index is 1.66. The fourth-order valence-corrected chi connectivity index (χ4v) is 4.48. The lowest BCUT2D eigenvalue weighted by Crippen LogP contribution is -2.25. The molecule has 0 bridgehead atoms. The smallest absolute Gasteiger partial charge is 0.131 e. The Hall–Kier alpha value is -3.33. The third-order valence-electron chi connectivity index (χ3n) is 5.90. The number of allylic oxidation sites excluding steroid dienone is 2. The summed E-state index contributed by atoms with van der Waals surface area (Å²) in [5.41, 5.74) is 7.06. The highest BCUT2D eigenvalue weighted by atomic mass is 16.5. The molecular formula is C27H25NO2.